The van der Waals surface area contributed by atoms with Crippen molar-refractivity contribution >= 4 is 17.6 Å². The van der Waals surface area contributed by atoms with Crippen molar-refractivity contribution in [2.24, 2.45) is 0 Å². The van der Waals surface area contributed by atoms with E-state index in [2.05, 4.69) is 20.7 Å². The summed E-state index contributed by atoms with van der Waals surface area (Å²) in [5, 5.41) is 7.75. The molecule has 6 nitrogen and oxygen atoms in total. The molecule has 23 heavy (non-hydrogen) atoms. The van der Waals surface area contributed by atoms with Crippen molar-refractivity contribution in [3.05, 3.63) is 24.3 Å². The van der Waals surface area contributed by atoms with Gasteiger partial charge in [-0.3, -0.25) is 4.79 Å². The lowest BCUT2D eigenvalue weighted by molar-refractivity contribution is -0.123. The summed E-state index contributed by atoms with van der Waals surface area (Å²) in [6, 6.07) is 4.20. The van der Waals surface area contributed by atoms with Gasteiger partial charge in [0.1, 0.15) is 11.8 Å². The van der Waals surface area contributed by atoms with Crippen LogP contribution in [0.15, 0.2) is 24.3 Å². The molecule has 0 bridgehead atoms. The highest BCUT2D eigenvalue weighted by atomic mass is 19.3. The van der Waals surface area contributed by atoms with Gasteiger partial charge in [0, 0.05) is 11.7 Å². The number of nitrogens with one attached hydrogen (secondary N) is 3. The van der Waals surface area contributed by atoms with Crippen molar-refractivity contribution in [3.63, 3.8) is 0 Å². The second-order valence-corrected chi connectivity index (χ2v) is 5.04. The Morgan fingerprint density at radius 1 is 1.13 bits per heavy atom. The summed E-state index contributed by atoms with van der Waals surface area (Å²) in [6.45, 7) is 2.48. The van der Waals surface area contributed by atoms with Crippen LogP contribution in [-0.4, -0.2) is 30.6 Å². The number of hydrogen-bond acceptors (Lipinski definition) is 3. The first kappa shape index (κ1) is 18.7. The molecule has 3 amide bonds. The van der Waals surface area contributed by atoms with E-state index in [9.17, 15) is 18.4 Å². The average Bonchev–Trinajstić information content (AvgIpc) is 2.48. The first-order chi connectivity index (χ1) is 10.8. The Hall–Kier alpha value is -2.38. The maximum absolute atomic E-state index is 12.0. The number of urea groups is 1. The number of halogens is 2. The van der Waals surface area contributed by atoms with Crippen molar-refractivity contribution in [3.8, 4) is 5.75 Å². The minimum absolute atomic E-state index is 0.00717. The molecule has 1 aromatic rings. The zero-order valence-corrected chi connectivity index (χ0v) is 13.2. The fourth-order valence-electron chi connectivity index (χ4n) is 1.62. The van der Waals surface area contributed by atoms with Gasteiger partial charge < -0.3 is 20.7 Å². The Balaban J connectivity index is 2.48. The van der Waals surface area contributed by atoms with E-state index in [1.54, 1.807) is 6.92 Å². The highest BCUT2D eigenvalue weighted by Crippen LogP contribution is 2.17. The van der Waals surface area contributed by atoms with Gasteiger partial charge in [-0.2, -0.15) is 8.78 Å². The lowest BCUT2D eigenvalue weighted by Gasteiger charge is -2.17. The van der Waals surface area contributed by atoms with Gasteiger partial charge >= 0.3 is 12.6 Å². The summed E-state index contributed by atoms with van der Waals surface area (Å²) in [6.07, 6.45) is 0.789. The molecule has 0 fully saturated rings. The predicted molar refractivity (Wildman–Crippen MR) is 82.6 cm³/mol. The molecule has 128 valence electrons. The number of hydrogen-bond donors (Lipinski definition) is 3. The third-order valence-corrected chi connectivity index (χ3v) is 3.08. The van der Waals surface area contributed by atoms with Crippen LogP contribution in [-0.2, 0) is 4.79 Å². The summed E-state index contributed by atoms with van der Waals surface area (Å²) < 4.78 is 28.3. The monoisotopic (exact) mass is 329 g/mol. The summed E-state index contributed by atoms with van der Waals surface area (Å²) in [5.74, 6) is -0.289. The third kappa shape index (κ3) is 6.94. The highest BCUT2D eigenvalue weighted by molar-refractivity contribution is 5.93. The van der Waals surface area contributed by atoms with E-state index in [-0.39, 0.29) is 17.7 Å². The SMILES string of the molecule is CC[C@@H](C)NC(=O)[C@H](C)NC(=O)Nc1ccc(OC(F)F)cc1. The third-order valence-electron chi connectivity index (χ3n) is 3.08. The molecule has 0 aliphatic carbocycles. The van der Waals surface area contributed by atoms with Gasteiger partial charge in [-0.25, -0.2) is 4.79 Å². The van der Waals surface area contributed by atoms with Gasteiger partial charge in [0.25, 0.3) is 0 Å². The molecular weight excluding hydrogens is 308 g/mol. The van der Waals surface area contributed by atoms with Gasteiger partial charge in [0.05, 0.1) is 0 Å². The number of anilines is 1. The number of carbonyl (C=O) groups excluding carboxylic acids is 2. The molecule has 0 heterocycles. The smallest absolute Gasteiger partial charge is 0.387 e. The lowest BCUT2D eigenvalue weighted by atomic mass is 10.2. The molecule has 8 heteroatoms. The summed E-state index contributed by atoms with van der Waals surface area (Å²) in [4.78, 5) is 23.6. The molecule has 0 unspecified atom stereocenters. The van der Waals surface area contributed by atoms with Crippen molar-refractivity contribution < 1.29 is 23.1 Å². The van der Waals surface area contributed by atoms with Crippen LogP contribution in [0, 0.1) is 0 Å². The van der Waals surface area contributed by atoms with Crippen LogP contribution < -0.4 is 20.7 Å². The van der Waals surface area contributed by atoms with E-state index in [1.807, 2.05) is 13.8 Å². The van der Waals surface area contributed by atoms with Crippen LogP contribution in [0.1, 0.15) is 27.2 Å². The Kier molecular flexibility index (Phi) is 7.24. The van der Waals surface area contributed by atoms with Crippen LogP contribution in [0.3, 0.4) is 0 Å². The second kappa shape index (κ2) is 8.92. The van der Waals surface area contributed by atoms with Gasteiger partial charge in [-0.05, 0) is 44.5 Å². The Bertz CT molecular complexity index is 523. The van der Waals surface area contributed by atoms with E-state index in [4.69, 9.17) is 0 Å². The molecule has 1 aromatic carbocycles. The van der Waals surface area contributed by atoms with Crippen LogP contribution >= 0.6 is 0 Å². The zero-order chi connectivity index (χ0) is 17.4. The molecule has 0 aliphatic heterocycles. The summed E-state index contributed by atoms with van der Waals surface area (Å²) in [5.41, 5.74) is 0.388. The van der Waals surface area contributed by atoms with Gasteiger partial charge in [0.15, 0.2) is 0 Å². The van der Waals surface area contributed by atoms with Crippen LogP contribution in [0.2, 0.25) is 0 Å². The molecule has 0 saturated carbocycles. The predicted octanol–water partition coefficient (Wildman–Crippen LogP) is 2.71. The fourth-order valence-corrected chi connectivity index (χ4v) is 1.62. The average molecular weight is 329 g/mol. The molecule has 3 N–H and O–H groups in total. The number of ether oxygens (including phenoxy) is 1. The quantitative estimate of drug-likeness (QED) is 0.719. The molecule has 2 atom stereocenters. The Morgan fingerprint density at radius 2 is 1.74 bits per heavy atom. The molecule has 1 rings (SSSR count). The minimum atomic E-state index is -2.90. The van der Waals surface area contributed by atoms with Crippen LogP contribution in [0.25, 0.3) is 0 Å². The van der Waals surface area contributed by atoms with E-state index in [0.717, 1.165) is 6.42 Å². The summed E-state index contributed by atoms with van der Waals surface area (Å²) in [7, 11) is 0. The lowest BCUT2D eigenvalue weighted by Crippen LogP contribution is -2.48. The molecule has 0 aliphatic rings. The van der Waals surface area contributed by atoms with Gasteiger partial charge in [-0.15, -0.1) is 0 Å². The topological polar surface area (TPSA) is 79.5 Å². The summed E-state index contributed by atoms with van der Waals surface area (Å²) >= 11 is 0. The van der Waals surface area contributed by atoms with Crippen molar-refractivity contribution in [1.82, 2.24) is 10.6 Å². The highest BCUT2D eigenvalue weighted by Gasteiger charge is 2.16. The normalized spacial score (nSPS) is 13.1. The maximum Gasteiger partial charge on any atom is 0.387 e. The maximum atomic E-state index is 12.0. The molecule has 0 radical (unpaired) electrons. The number of carbonyl (C=O) groups is 2. The Morgan fingerprint density at radius 3 is 2.26 bits per heavy atom. The van der Waals surface area contributed by atoms with Crippen molar-refractivity contribution in [1.29, 1.82) is 0 Å². The van der Waals surface area contributed by atoms with Crippen molar-refractivity contribution in [2.75, 3.05) is 5.32 Å². The molecular formula is C15H21F2N3O3. The first-order valence-electron chi connectivity index (χ1n) is 7.24. The largest absolute Gasteiger partial charge is 0.435 e. The molecule has 0 saturated heterocycles. The standard InChI is InChI=1S/C15H21F2N3O3/c1-4-9(2)18-13(21)10(3)19-15(22)20-11-5-7-12(8-6-11)23-14(16)17/h5-10,14H,4H2,1-3H3,(H,18,21)(H2,19,20,22)/t9-,10+/m1/s1. The number of alkyl halides is 2. The molecule has 0 aromatic heterocycles. The van der Waals surface area contributed by atoms with Crippen LogP contribution in [0.4, 0.5) is 19.3 Å². The van der Waals surface area contributed by atoms with Crippen LogP contribution in [0.5, 0.6) is 5.75 Å². The van der Waals surface area contributed by atoms with E-state index < -0.39 is 18.7 Å². The second-order valence-electron chi connectivity index (χ2n) is 5.04. The zero-order valence-electron chi connectivity index (χ0n) is 13.2. The number of amides is 3. The van der Waals surface area contributed by atoms with Crippen molar-refractivity contribution in [2.45, 2.75) is 45.9 Å². The molecule has 0 spiro atoms. The Labute approximate surface area is 133 Å². The fraction of sp³-hybridized carbons (Fsp3) is 0.467. The number of rotatable bonds is 7. The van der Waals surface area contributed by atoms with E-state index in [1.165, 1.54) is 24.3 Å². The minimum Gasteiger partial charge on any atom is -0.435 e. The van der Waals surface area contributed by atoms with E-state index in [0.29, 0.717) is 5.69 Å². The van der Waals surface area contributed by atoms with Gasteiger partial charge in [-0.1, -0.05) is 6.92 Å². The first-order valence-corrected chi connectivity index (χ1v) is 7.24. The number of benzene rings is 1. The van der Waals surface area contributed by atoms with E-state index >= 15 is 0 Å². The van der Waals surface area contributed by atoms with Gasteiger partial charge in [0.2, 0.25) is 5.91 Å².